The average Bonchev–Trinajstić information content (AvgIpc) is 2.78. The number of hydrogen-bond donors (Lipinski definition) is 1. The summed E-state index contributed by atoms with van der Waals surface area (Å²) in [7, 11) is 0. The third kappa shape index (κ3) is 3.40. The molecule has 0 atom stereocenters. The topological polar surface area (TPSA) is 51.0 Å². The van der Waals surface area contributed by atoms with Crippen molar-refractivity contribution >= 4 is 0 Å². The number of rotatable bonds is 3. The van der Waals surface area contributed by atoms with Gasteiger partial charge in [-0.3, -0.25) is 0 Å². The number of aryl methyl sites for hydroxylation is 1. The molecule has 0 radical (unpaired) electrons. The minimum absolute atomic E-state index is 0.0780. The summed E-state index contributed by atoms with van der Waals surface area (Å²) in [6.45, 7) is 9.12. The molecular weight excluding hydrogens is 226 g/mol. The molecule has 4 heteroatoms. The highest BCUT2D eigenvalue weighted by Crippen LogP contribution is 2.16. The SMILES string of the molecule is Cc1cc(CNC(C)(C)C)nc(-c2ccoc2)n1. The molecule has 96 valence electrons. The molecule has 2 aromatic heterocycles. The highest BCUT2D eigenvalue weighted by Gasteiger charge is 2.11. The highest BCUT2D eigenvalue weighted by atomic mass is 16.3. The number of nitrogens with one attached hydrogen (secondary N) is 1. The molecule has 0 saturated carbocycles. The van der Waals surface area contributed by atoms with Crippen molar-refractivity contribution in [1.82, 2.24) is 15.3 Å². The normalized spacial score (nSPS) is 11.8. The quantitative estimate of drug-likeness (QED) is 0.903. The van der Waals surface area contributed by atoms with Gasteiger partial charge in [-0.25, -0.2) is 9.97 Å². The van der Waals surface area contributed by atoms with E-state index in [1.165, 1.54) is 0 Å². The molecule has 0 fully saturated rings. The van der Waals surface area contributed by atoms with Crippen molar-refractivity contribution in [1.29, 1.82) is 0 Å². The molecule has 0 aliphatic rings. The van der Waals surface area contributed by atoms with Crippen LogP contribution in [0.1, 0.15) is 32.2 Å². The van der Waals surface area contributed by atoms with Gasteiger partial charge in [0.25, 0.3) is 0 Å². The van der Waals surface area contributed by atoms with Crippen molar-refractivity contribution in [3.63, 3.8) is 0 Å². The van der Waals surface area contributed by atoms with Crippen LogP contribution < -0.4 is 5.32 Å². The van der Waals surface area contributed by atoms with Crippen molar-refractivity contribution < 1.29 is 4.42 Å². The van der Waals surface area contributed by atoms with Crippen LogP contribution in [0.2, 0.25) is 0 Å². The summed E-state index contributed by atoms with van der Waals surface area (Å²) in [5.41, 5.74) is 2.95. The predicted octanol–water partition coefficient (Wildman–Crippen LogP) is 2.93. The first kappa shape index (κ1) is 12.8. The molecule has 2 rings (SSSR count). The molecule has 18 heavy (non-hydrogen) atoms. The van der Waals surface area contributed by atoms with Crippen LogP contribution in [0.5, 0.6) is 0 Å². The summed E-state index contributed by atoms with van der Waals surface area (Å²) in [5, 5.41) is 3.42. The molecule has 0 aliphatic heterocycles. The third-order valence-electron chi connectivity index (χ3n) is 2.49. The van der Waals surface area contributed by atoms with Crippen molar-refractivity contribution in [3.8, 4) is 11.4 Å². The fourth-order valence-electron chi connectivity index (χ4n) is 1.60. The Hall–Kier alpha value is -1.68. The Morgan fingerprint density at radius 2 is 2.06 bits per heavy atom. The van der Waals surface area contributed by atoms with E-state index in [1.807, 2.05) is 19.1 Å². The number of aromatic nitrogens is 2. The van der Waals surface area contributed by atoms with Gasteiger partial charge in [0.05, 0.1) is 17.5 Å². The summed E-state index contributed by atoms with van der Waals surface area (Å²) in [4.78, 5) is 8.97. The van der Waals surface area contributed by atoms with Gasteiger partial charge in [-0.05, 0) is 39.8 Å². The lowest BCUT2D eigenvalue weighted by molar-refractivity contribution is 0.421. The van der Waals surface area contributed by atoms with Gasteiger partial charge in [-0.2, -0.15) is 0 Å². The third-order valence-corrected chi connectivity index (χ3v) is 2.49. The maximum atomic E-state index is 5.07. The number of nitrogens with zero attached hydrogens (tertiary/aromatic N) is 2. The van der Waals surface area contributed by atoms with Crippen LogP contribution >= 0.6 is 0 Å². The molecule has 0 bridgehead atoms. The Balaban J connectivity index is 2.22. The lowest BCUT2D eigenvalue weighted by Gasteiger charge is -2.20. The van der Waals surface area contributed by atoms with Crippen molar-refractivity contribution in [2.75, 3.05) is 0 Å². The monoisotopic (exact) mass is 245 g/mol. The van der Waals surface area contributed by atoms with E-state index in [0.717, 1.165) is 29.3 Å². The van der Waals surface area contributed by atoms with Crippen molar-refractivity contribution in [2.45, 2.75) is 39.8 Å². The van der Waals surface area contributed by atoms with Crippen LogP contribution in [0.3, 0.4) is 0 Å². The summed E-state index contributed by atoms with van der Waals surface area (Å²) < 4.78 is 5.07. The Labute approximate surface area is 107 Å². The van der Waals surface area contributed by atoms with Gasteiger partial charge in [0, 0.05) is 17.8 Å². The number of furan rings is 1. The van der Waals surface area contributed by atoms with Gasteiger partial charge < -0.3 is 9.73 Å². The van der Waals surface area contributed by atoms with Crippen LogP contribution in [0.15, 0.2) is 29.1 Å². The van der Waals surface area contributed by atoms with Gasteiger partial charge in [0.1, 0.15) is 6.26 Å². The Morgan fingerprint density at radius 1 is 1.28 bits per heavy atom. The minimum Gasteiger partial charge on any atom is -0.472 e. The summed E-state index contributed by atoms with van der Waals surface area (Å²) >= 11 is 0. The standard InChI is InChI=1S/C14H19N3O/c1-10-7-12(8-15-14(2,3)4)17-13(16-10)11-5-6-18-9-11/h5-7,9,15H,8H2,1-4H3. The second kappa shape index (κ2) is 4.90. The first-order chi connectivity index (χ1) is 8.44. The van der Waals surface area contributed by atoms with E-state index in [1.54, 1.807) is 12.5 Å². The molecule has 0 saturated heterocycles. The Morgan fingerprint density at radius 3 is 2.67 bits per heavy atom. The van der Waals surface area contributed by atoms with E-state index in [4.69, 9.17) is 4.42 Å². The van der Waals surface area contributed by atoms with Crippen LogP contribution in [-0.4, -0.2) is 15.5 Å². The van der Waals surface area contributed by atoms with E-state index < -0.39 is 0 Å². The van der Waals surface area contributed by atoms with Crippen LogP contribution in [0.4, 0.5) is 0 Å². The van der Waals surface area contributed by atoms with E-state index in [-0.39, 0.29) is 5.54 Å². The summed E-state index contributed by atoms with van der Waals surface area (Å²) in [6, 6.07) is 3.87. The molecule has 2 aromatic rings. The van der Waals surface area contributed by atoms with E-state index in [2.05, 4.69) is 36.1 Å². The largest absolute Gasteiger partial charge is 0.472 e. The molecule has 0 aliphatic carbocycles. The molecule has 4 nitrogen and oxygen atoms in total. The first-order valence-electron chi connectivity index (χ1n) is 6.06. The maximum Gasteiger partial charge on any atom is 0.162 e. The summed E-state index contributed by atoms with van der Waals surface area (Å²) in [5.74, 6) is 0.717. The van der Waals surface area contributed by atoms with Crippen LogP contribution in [-0.2, 0) is 6.54 Å². The Bertz CT molecular complexity index is 512. The molecule has 1 N–H and O–H groups in total. The molecular formula is C14H19N3O. The van der Waals surface area contributed by atoms with Gasteiger partial charge in [-0.15, -0.1) is 0 Å². The minimum atomic E-state index is 0.0780. The second-order valence-corrected chi connectivity index (χ2v) is 5.44. The van der Waals surface area contributed by atoms with Gasteiger partial charge in [-0.1, -0.05) is 0 Å². The van der Waals surface area contributed by atoms with Crippen LogP contribution in [0, 0.1) is 6.92 Å². The van der Waals surface area contributed by atoms with E-state index in [9.17, 15) is 0 Å². The molecule has 0 spiro atoms. The zero-order valence-electron chi connectivity index (χ0n) is 11.3. The van der Waals surface area contributed by atoms with Crippen LogP contribution in [0.25, 0.3) is 11.4 Å². The van der Waals surface area contributed by atoms with Crippen molar-refractivity contribution in [2.24, 2.45) is 0 Å². The maximum absolute atomic E-state index is 5.07. The predicted molar refractivity (Wildman–Crippen MR) is 71.1 cm³/mol. The fourth-order valence-corrected chi connectivity index (χ4v) is 1.60. The fraction of sp³-hybridized carbons (Fsp3) is 0.429. The highest BCUT2D eigenvalue weighted by molar-refractivity contribution is 5.52. The lowest BCUT2D eigenvalue weighted by atomic mass is 10.1. The molecule has 0 amide bonds. The Kier molecular flexibility index (Phi) is 3.48. The van der Waals surface area contributed by atoms with Gasteiger partial charge in [0.15, 0.2) is 5.82 Å². The van der Waals surface area contributed by atoms with Gasteiger partial charge in [0.2, 0.25) is 0 Å². The van der Waals surface area contributed by atoms with E-state index in [0.29, 0.717) is 0 Å². The first-order valence-corrected chi connectivity index (χ1v) is 6.06. The molecule has 0 unspecified atom stereocenters. The average molecular weight is 245 g/mol. The summed E-state index contributed by atoms with van der Waals surface area (Å²) in [6.07, 6.45) is 3.30. The number of hydrogen-bond acceptors (Lipinski definition) is 4. The zero-order valence-corrected chi connectivity index (χ0v) is 11.3. The molecule has 0 aromatic carbocycles. The van der Waals surface area contributed by atoms with E-state index >= 15 is 0 Å². The van der Waals surface area contributed by atoms with Crippen molar-refractivity contribution in [3.05, 3.63) is 36.0 Å². The lowest BCUT2D eigenvalue weighted by Crippen LogP contribution is -2.35. The second-order valence-electron chi connectivity index (χ2n) is 5.44. The van der Waals surface area contributed by atoms with Gasteiger partial charge >= 0.3 is 0 Å². The zero-order chi connectivity index (χ0) is 13.2. The molecule has 2 heterocycles. The smallest absolute Gasteiger partial charge is 0.162 e.